The molecule has 0 N–H and O–H groups in total. The lowest BCUT2D eigenvalue weighted by atomic mass is 10.2. The highest BCUT2D eigenvalue weighted by molar-refractivity contribution is 9.10. The van der Waals surface area contributed by atoms with E-state index < -0.39 is 11.6 Å². The lowest BCUT2D eigenvalue weighted by molar-refractivity contribution is 0.586. The van der Waals surface area contributed by atoms with Crippen LogP contribution in [-0.4, -0.2) is 5.71 Å². The fraction of sp³-hybridized carbons (Fsp3) is 0.417. The largest absolute Gasteiger partial charge is 0.252 e. The summed E-state index contributed by atoms with van der Waals surface area (Å²) in [6.45, 7) is 1.82. The highest BCUT2D eigenvalue weighted by Crippen LogP contribution is 2.34. The van der Waals surface area contributed by atoms with Gasteiger partial charge in [0.25, 0.3) is 0 Å². The van der Waals surface area contributed by atoms with Crippen LogP contribution in [0.25, 0.3) is 0 Å². The SMILES string of the molecule is CC(CC1CC1)=Nc1c(F)cc(Br)cc1F. The maximum absolute atomic E-state index is 13.4. The molecule has 1 fully saturated rings. The lowest BCUT2D eigenvalue weighted by Gasteiger charge is -2.03. The van der Waals surface area contributed by atoms with Crippen molar-refractivity contribution in [3.63, 3.8) is 0 Å². The Balaban J connectivity index is 2.25. The van der Waals surface area contributed by atoms with Crippen LogP contribution in [0.4, 0.5) is 14.5 Å². The Hall–Kier alpha value is -0.770. The molecule has 0 amide bonds. The predicted molar refractivity (Wildman–Crippen MR) is 64.2 cm³/mol. The molecule has 0 heterocycles. The van der Waals surface area contributed by atoms with E-state index in [0.29, 0.717) is 10.4 Å². The second-order valence-electron chi connectivity index (χ2n) is 4.21. The van der Waals surface area contributed by atoms with Crippen LogP contribution < -0.4 is 0 Å². The van der Waals surface area contributed by atoms with Crippen molar-refractivity contribution in [2.75, 3.05) is 0 Å². The van der Waals surface area contributed by atoms with Gasteiger partial charge in [0, 0.05) is 10.2 Å². The second kappa shape index (κ2) is 4.62. The summed E-state index contributed by atoms with van der Waals surface area (Å²) in [5.74, 6) is -0.575. The molecule has 2 rings (SSSR count). The van der Waals surface area contributed by atoms with Crippen LogP contribution in [0.3, 0.4) is 0 Å². The van der Waals surface area contributed by atoms with E-state index in [2.05, 4.69) is 20.9 Å². The number of halogens is 3. The monoisotopic (exact) mass is 287 g/mol. The number of hydrogen-bond acceptors (Lipinski definition) is 1. The number of nitrogens with zero attached hydrogens (tertiary/aromatic N) is 1. The zero-order valence-corrected chi connectivity index (χ0v) is 10.5. The Bertz CT molecular complexity index is 416. The van der Waals surface area contributed by atoms with E-state index in [4.69, 9.17) is 0 Å². The van der Waals surface area contributed by atoms with Crippen LogP contribution in [0, 0.1) is 17.6 Å². The summed E-state index contributed by atoms with van der Waals surface area (Å²) in [6, 6.07) is 2.46. The molecule has 1 aliphatic carbocycles. The van der Waals surface area contributed by atoms with Crippen molar-refractivity contribution in [3.05, 3.63) is 28.2 Å². The minimum atomic E-state index is -0.623. The van der Waals surface area contributed by atoms with Gasteiger partial charge in [0.05, 0.1) is 0 Å². The molecule has 0 atom stereocenters. The molecule has 16 heavy (non-hydrogen) atoms. The Morgan fingerprint density at radius 3 is 2.44 bits per heavy atom. The molecular formula is C12H12BrF2N. The summed E-state index contributed by atoms with van der Waals surface area (Å²) in [5.41, 5.74) is 0.615. The lowest BCUT2D eigenvalue weighted by Crippen LogP contribution is -1.94. The predicted octanol–water partition coefficient (Wildman–Crippen LogP) is 4.62. The molecule has 0 radical (unpaired) electrons. The van der Waals surface area contributed by atoms with Crippen LogP contribution in [0.1, 0.15) is 26.2 Å². The van der Waals surface area contributed by atoms with Crippen LogP contribution in [0.5, 0.6) is 0 Å². The molecule has 1 aromatic rings. The standard InChI is InChI=1S/C12H12BrF2N/c1-7(4-8-2-3-8)16-12-10(14)5-9(13)6-11(12)15/h5-6,8H,2-4H2,1H3. The first-order valence-corrected chi connectivity index (χ1v) is 6.04. The van der Waals surface area contributed by atoms with Crippen molar-refractivity contribution in [3.8, 4) is 0 Å². The third kappa shape index (κ3) is 2.88. The molecule has 0 aliphatic heterocycles. The van der Waals surface area contributed by atoms with Crippen molar-refractivity contribution < 1.29 is 8.78 Å². The highest BCUT2D eigenvalue weighted by Gasteiger charge is 2.22. The molecule has 0 bridgehead atoms. The van der Waals surface area contributed by atoms with Gasteiger partial charge >= 0.3 is 0 Å². The van der Waals surface area contributed by atoms with E-state index in [1.165, 1.54) is 25.0 Å². The quantitative estimate of drug-likeness (QED) is 0.720. The summed E-state index contributed by atoms with van der Waals surface area (Å²) >= 11 is 3.04. The molecule has 0 spiro atoms. The molecule has 1 aliphatic rings. The zero-order chi connectivity index (χ0) is 11.7. The Labute approximate surface area is 102 Å². The first-order valence-electron chi connectivity index (χ1n) is 5.25. The summed E-state index contributed by atoms with van der Waals surface area (Å²) in [7, 11) is 0. The fourth-order valence-electron chi connectivity index (χ4n) is 1.62. The number of rotatable bonds is 3. The third-order valence-corrected chi connectivity index (χ3v) is 3.02. The summed E-state index contributed by atoms with van der Waals surface area (Å²) in [4.78, 5) is 4.03. The Morgan fingerprint density at radius 1 is 1.38 bits per heavy atom. The molecular weight excluding hydrogens is 276 g/mol. The average Bonchev–Trinajstić information content (AvgIpc) is 2.95. The van der Waals surface area contributed by atoms with Crippen molar-refractivity contribution >= 4 is 27.3 Å². The molecule has 0 aromatic heterocycles. The van der Waals surface area contributed by atoms with Gasteiger partial charge in [0.2, 0.25) is 0 Å². The Kier molecular flexibility index (Phi) is 3.38. The third-order valence-electron chi connectivity index (χ3n) is 2.57. The first-order chi connectivity index (χ1) is 7.56. The molecule has 0 saturated heterocycles. The maximum atomic E-state index is 13.4. The maximum Gasteiger partial charge on any atom is 0.152 e. The van der Waals surface area contributed by atoms with Gasteiger partial charge in [-0.2, -0.15) is 0 Å². The minimum absolute atomic E-state index is 0.179. The van der Waals surface area contributed by atoms with Crippen molar-refractivity contribution in [2.24, 2.45) is 10.9 Å². The van der Waals surface area contributed by atoms with E-state index in [1.54, 1.807) is 0 Å². The van der Waals surface area contributed by atoms with Gasteiger partial charge in [-0.05, 0) is 44.2 Å². The Morgan fingerprint density at radius 2 is 1.94 bits per heavy atom. The molecule has 86 valence electrons. The number of aliphatic imine (C=N–C) groups is 1. The normalized spacial score (nSPS) is 16.6. The molecule has 1 saturated carbocycles. The van der Waals surface area contributed by atoms with Gasteiger partial charge in [-0.25, -0.2) is 8.78 Å². The molecule has 0 unspecified atom stereocenters. The average molecular weight is 288 g/mol. The second-order valence-corrected chi connectivity index (χ2v) is 5.13. The van der Waals surface area contributed by atoms with Crippen LogP contribution in [0.15, 0.2) is 21.6 Å². The minimum Gasteiger partial charge on any atom is -0.252 e. The zero-order valence-electron chi connectivity index (χ0n) is 8.93. The van der Waals surface area contributed by atoms with Gasteiger partial charge in [-0.1, -0.05) is 15.9 Å². The van der Waals surface area contributed by atoms with E-state index in [-0.39, 0.29) is 5.69 Å². The first kappa shape index (κ1) is 11.7. The topological polar surface area (TPSA) is 12.4 Å². The number of benzene rings is 1. The summed E-state index contributed by atoms with van der Waals surface area (Å²) in [5, 5.41) is 0. The van der Waals surface area contributed by atoms with Crippen molar-refractivity contribution in [2.45, 2.75) is 26.2 Å². The number of hydrogen-bond donors (Lipinski definition) is 0. The van der Waals surface area contributed by atoms with E-state index >= 15 is 0 Å². The van der Waals surface area contributed by atoms with Crippen LogP contribution in [0.2, 0.25) is 0 Å². The van der Waals surface area contributed by atoms with Crippen molar-refractivity contribution in [1.82, 2.24) is 0 Å². The van der Waals surface area contributed by atoms with E-state index in [0.717, 1.165) is 12.1 Å². The highest BCUT2D eigenvalue weighted by atomic mass is 79.9. The summed E-state index contributed by atoms with van der Waals surface area (Å²) in [6.07, 6.45) is 3.26. The van der Waals surface area contributed by atoms with Crippen molar-refractivity contribution in [1.29, 1.82) is 0 Å². The van der Waals surface area contributed by atoms with Crippen LogP contribution in [-0.2, 0) is 0 Å². The van der Waals surface area contributed by atoms with Gasteiger partial charge in [-0.3, -0.25) is 4.99 Å². The fourth-order valence-corrected chi connectivity index (χ4v) is 2.02. The van der Waals surface area contributed by atoms with Gasteiger partial charge < -0.3 is 0 Å². The van der Waals surface area contributed by atoms with E-state index in [9.17, 15) is 8.78 Å². The molecule has 4 heteroatoms. The van der Waals surface area contributed by atoms with Gasteiger partial charge in [-0.15, -0.1) is 0 Å². The van der Waals surface area contributed by atoms with E-state index in [1.807, 2.05) is 6.92 Å². The molecule has 1 aromatic carbocycles. The van der Waals surface area contributed by atoms with Gasteiger partial charge in [0.1, 0.15) is 5.69 Å². The smallest absolute Gasteiger partial charge is 0.152 e. The van der Waals surface area contributed by atoms with Gasteiger partial charge in [0.15, 0.2) is 11.6 Å². The van der Waals surface area contributed by atoms with Crippen LogP contribution >= 0.6 is 15.9 Å². The molecule has 1 nitrogen and oxygen atoms in total. The summed E-state index contributed by atoms with van der Waals surface area (Å²) < 4.78 is 27.3.